The largest absolute Gasteiger partial charge is 0.309 e. The summed E-state index contributed by atoms with van der Waals surface area (Å²) >= 11 is 0. The van der Waals surface area contributed by atoms with Crippen LogP contribution in [-0.2, 0) is 0 Å². The first kappa shape index (κ1) is 41.4. The summed E-state index contributed by atoms with van der Waals surface area (Å²) in [7, 11) is 0. The van der Waals surface area contributed by atoms with E-state index in [4.69, 9.17) is 15.0 Å². The molecule has 16 aromatic rings. The van der Waals surface area contributed by atoms with Gasteiger partial charge in [-0.2, -0.15) is 0 Å². The molecule has 5 aromatic heterocycles. The fraction of sp³-hybridized carbons (Fsp3) is 0. The molecular weight excluding hydrogens is 913 g/mol. The second-order valence-electron chi connectivity index (χ2n) is 19.5. The van der Waals surface area contributed by atoms with E-state index in [-0.39, 0.29) is 0 Å². The van der Waals surface area contributed by atoms with E-state index in [9.17, 15) is 0 Å². The van der Waals surface area contributed by atoms with Crippen molar-refractivity contribution in [3.8, 4) is 67.8 Å². The average Bonchev–Trinajstić information content (AvgIpc) is 4.25. The number of nitrogens with zero attached hydrogens (tertiary/aromatic N) is 6. The third-order valence-electron chi connectivity index (χ3n) is 15.4. The minimum absolute atomic E-state index is 0.595. The van der Waals surface area contributed by atoms with Gasteiger partial charge in [0.05, 0.1) is 44.3 Å². The van der Waals surface area contributed by atoms with Crippen molar-refractivity contribution < 1.29 is 0 Å². The van der Waals surface area contributed by atoms with Crippen LogP contribution in [0, 0.1) is 0 Å². The predicted octanol–water partition coefficient (Wildman–Crippen LogP) is 17.6. The highest BCUT2D eigenvalue weighted by atomic mass is 15.1. The lowest BCUT2D eigenvalue weighted by Crippen LogP contribution is -2.05. The molecule has 6 nitrogen and oxygen atoms in total. The number of fused-ring (bicyclic) bond motifs is 12. The molecule has 6 heteroatoms. The van der Waals surface area contributed by atoms with Gasteiger partial charge in [0.25, 0.3) is 0 Å². The molecule has 5 heterocycles. The topological polar surface area (TPSA) is 52.9 Å². The quantitative estimate of drug-likeness (QED) is 0.160. The Bertz CT molecular complexity index is 4790. The van der Waals surface area contributed by atoms with Gasteiger partial charge in [-0.05, 0) is 95.6 Å². The van der Waals surface area contributed by atoms with Crippen molar-refractivity contribution in [3.63, 3.8) is 0 Å². The van der Waals surface area contributed by atoms with Gasteiger partial charge in [0.15, 0.2) is 17.5 Å². The first-order chi connectivity index (χ1) is 37.2. The minimum atomic E-state index is 0.595. The maximum atomic E-state index is 5.40. The highest BCUT2D eigenvalue weighted by Crippen LogP contribution is 2.46. The zero-order valence-electron chi connectivity index (χ0n) is 40.4. The van der Waals surface area contributed by atoms with Crippen LogP contribution in [0.15, 0.2) is 255 Å². The van der Waals surface area contributed by atoms with Crippen LogP contribution in [-0.4, -0.2) is 28.5 Å². The summed E-state index contributed by atoms with van der Waals surface area (Å²) in [6, 6.07) is 91.7. The molecule has 0 fully saturated rings. The SMILES string of the molecule is c1ccc(-c2nc(-c3ccccc3)nc(-c3cccc(-c4cc5c6ccccc6n6c7ccccc7c(c4)c56)c3-n3c4ccccc4c4cc(-c5ccc6c(c5)c5ccccc5n6-c5ccccc5)ccc43)n2)cc1. The van der Waals surface area contributed by atoms with E-state index in [1.807, 2.05) is 36.4 Å². The van der Waals surface area contributed by atoms with Crippen LogP contribution in [0.1, 0.15) is 0 Å². The minimum Gasteiger partial charge on any atom is -0.309 e. The molecule has 0 N–H and O–H groups in total. The molecule has 0 bridgehead atoms. The van der Waals surface area contributed by atoms with Crippen molar-refractivity contribution >= 4 is 81.7 Å². The Labute approximate surface area is 430 Å². The van der Waals surface area contributed by atoms with E-state index in [0.717, 1.165) is 72.1 Å². The second-order valence-corrected chi connectivity index (χ2v) is 19.5. The summed E-state index contributed by atoms with van der Waals surface area (Å²) < 4.78 is 7.28. The van der Waals surface area contributed by atoms with E-state index in [1.165, 1.54) is 59.9 Å². The molecule has 0 saturated heterocycles. The first-order valence-electron chi connectivity index (χ1n) is 25.5. The second kappa shape index (κ2) is 16.2. The molecule has 16 rings (SSSR count). The van der Waals surface area contributed by atoms with Crippen molar-refractivity contribution in [3.05, 3.63) is 255 Å². The van der Waals surface area contributed by atoms with Crippen LogP contribution in [0.4, 0.5) is 0 Å². The van der Waals surface area contributed by atoms with Crippen molar-refractivity contribution in [1.29, 1.82) is 0 Å². The Balaban J connectivity index is 0.978. The maximum absolute atomic E-state index is 5.40. The van der Waals surface area contributed by atoms with Crippen LogP contribution >= 0.6 is 0 Å². The predicted molar refractivity (Wildman–Crippen MR) is 310 cm³/mol. The van der Waals surface area contributed by atoms with Gasteiger partial charge in [0, 0.05) is 71.0 Å². The molecule has 0 spiro atoms. The summed E-state index contributed by atoms with van der Waals surface area (Å²) in [6.07, 6.45) is 0. The number of hydrogen-bond acceptors (Lipinski definition) is 3. The summed E-state index contributed by atoms with van der Waals surface area (Å²) in [6.45, 7) is 0. The maximum Gasteiger partial charge on any atom is 0.166 e. The molecular formula is C69H42N6. The van der Waals surface area contributed by atoms with E-state index in [2.05, 4.69) is 232 Å². The Morgan fingerprint density at radius 2 is 0.640 bits per heavy atom. The van der Waals surface area contributed by atoms with Crippen LogP contribution in [0.25, 0.3) is 149 Å². The summed E-state index contributed by atoms with van der Waals surface area (Å²) in [4.78, 5) is 15.9. The number of para-hydroxylation sites is 6. The number of aromatic nitrogens is 6. The van der Waals surface area contributed by atoms with Gasteiger partial charge in [-0.1, -0.05) is 176 Å². The van der Waals surface area contributed by atoms with Gasteiger partial charge in [-0.15, -0.1) is 0 Å². The van der Waals surface area contributed by atoms with Crippen molar-refractivity contribution in [2.24, 2.45) is 0 Å². The van der Waals surface area contributed by atoms with Crippen LogP contribution in [0.3, 0.4) is 0 Å². The highest BCUT2D eigenvalue weighted by Gasteiger charge is 2.26. The lowest BCUT2D eigenvalue weighted by molar-refractivity contribution is 1.06. The number of hydrogen-bond donors (Lipinski definition) is 0. The van der Waals surface area contributed by atoms with Crippen LogP contribution in [0.5, 0.6) is 0 Å². The Morgan fingerprint density at radius 1 is 0.240 bits per heavy atom. The monoisotopic (exact) mass is 954 g/mol. The molecule has 75 heavy (non-hydrogen) atoms. The third-order valence-corrected chi connectivity index (χ3v) is 15.4. The normalized spacial score (nSPS) is 12.0. The Kier molecular flexibility index (Phi) is 8.94. The standard InChI is InChI=1S/C69H42N6/c1-4-19-43(20-5-1)67-70-68(44-21-6-2-7-22-44)72-69(71-67)54-30-18-29-49(47-41-57-52-27-12-16-33-61(52)74-62-34-17-13-28-53(62)58(42-47)66(57)74)65(54)75-60-32-15-11-26-51(60)56-40-46(36-38-64(56)75)45-35-37-63-55(39-45)50-25-10-14-31-59(50)73(63)48-23-8-3-9-24-48/h1-42H. The fourth-order valence-corrected chi connectivity index (χ4v) is 12.1. The van der Waals surface area contributed by atoms with Gasteiger partial charge >= 0.3 is 0 Å². The Morgan fingerprint density at radius 3 is 1.19 bits per heavy atom. The zero-order chi connectivity index (χ0) is 49.1. The highest BCUT2D eigenvalue weighted by molar-refractivity contribution is 6.25. The zero-order valence-corrected chi connectivity index (χ0v) is 40.4. The molecule has 0 amide bonds. The van der Waals surface area contributed by atoms with Crippen molar-refractivity contribution in [1.82, 2.24) is 28.5 Å². The molecule has 0 aliphatic carbocycles. The Hall–Kier alpha value is -10.2. The number of benzene rings is 11. The lowest BCUT2D eigenvalue weighted by atomic mass is 9.95. The van der Waals surface area contributed by atoms with E-state index in [1.54, 1.807) is 0 Å². The van der Waals surface area contributed by atoms with Gasteiger partial charge in [0.2, 0.25) is 0 Å². The average molecular weight is 955 g/mol. The smallest absolute Gasteiger partial charge is 0.166 e. The van der Waals surface area contributed by atoms with Crippen molar-refractivity contribution in [2.75, 3.05) is 0 Å². The van der Waals surface area contributed by atoms with Gasteiger partial charge in [-0.3, -0.25) is 0 Å². The molecule has 0 radical (unpaired) electrons. The van der Waals surface area contributed by atoms with Crippen LogP contribution < -0.4 is 0 Å². The third kappa shape index (κ3) is 6.24. The molecule has 0 aliphatic rings. The summed E-state index contributed by atoms with van der Waals surface area (Å²) in [5.41, 5.74) is 17.6. The van der Waals surface area contributed by atoms with Crippen LogP contribution in [0.2, 0.25) is 0 Å². The molecule has 11 aromatic carbocycles. The summed E-state index contributed by atoms with van der Waals surface area (Å²) in [5.74, 6) is 1.83. The van der Waals surface area contributed by atoms with E-state index in [0.29, 0.717) is 17.5 Å². The van der Waals surface area contributed by atoms with Gasteiger partial charge in [-0.25, -0.2) is 15.0 Å². The fourth-order valence-electron chi connectivity index (χ4n) is 12.1. The number of rotatable bonds is 7. The molecule has 0 atom stereocenters. The lowest BCUT2D eigenvalue weighted by Gasteiger charge is -2.19. The molecule has 0 aliphatic heterocycles. The molecule has 0 unspecified atom stereocenters. The van der Waals surface area contributed by atoms with Gasteiger partial charge < -0.3 is 13.5 Å². The molecule has 348 valence electrons. The van der Waals surface area contributed by atoms with E-state index >= 15 is 0 Å². The first-order valence-corrected chi connectivity index (χ1v) is 25.5. The van der Waals surface area contributed by atoms with Gasteiger partial charge in [0.1, 0.15) is 0 Å². The van der Waals surface area contributed by atoms with Crippen molar-refractivity contribution in [2.45, 2.75) is 0 Å². The summed E-state index contributed by atoms with van der Waals surface area (Å²) in [5, 5.41) is 9.68. The molecule has 0 saturated carbocycles. The van der Waals surface area contributed by atoms with E-state index < -0.39 is 0 Å².